The first-order valence-corrected chi connectivity index (χ1v) is 11.5. The van der Waals surface area contributed by atoms with Gasteiger partial charge in [-0.15, -0.1) is 0 Å². The van der Waals surface area contributed by atoms with Crippen molar-refractivity contribution in [2.75, 3.05) is 7.11 Å². The summed E-state index contributed by atoms with van der Waals surface area (Å²) in [7, 11) is 3.11. The Morgan fingerprint density at radius 2 is 1.89 bits per heavy atom. The van der Waals surface area contributed by atoms with Crippen LogP contribution < -0.4 is 4.74 Å². The maximum Gasteiger partial charge on any atom is 0.418 e. The van der Waals surface area contributed by atoms with Gasteiger partial charge in [0.2, 0.25) is 0 Å². The molecule has 1 aromatic heterocycles. The van der Waals surface area contributed by atoms with Gasteiger partial charge in [0.05, 0.1) is 18.6 Å². The monoisotopic (exact) mass is 482 g/mol. The molecular weight excluding hydrogens is 453 g/mol. The summed E-state index contributed by atoms with van der Waals surface area (Å²) < 4.78 is 51.3. The highest BCUT2D eigenvalue weighted by Gasteiger charge is 2.63. The number of nitriles is 1. The van der Waals surface area contributed by atoms with E-state index in [9.17, 15) is 23.5 Å². The molecule has 3 aromatic rings. The average molecular weight is 483 g/mol. The first-order chi connectivity index (χ1) is 16.4. The fraction of sp³-hybridized carbons (Fsp3) is 0.393. The van der Waals surface area contributed by atoms with Gasteiger partial charge in [-0.05, 0) is 30.0 Å². The number of fused-ring (bicyclic) bond motifs is 1. The van der Waals surface area contributed by atoms with Gasteiger partial charge in [0.15, 0.2) is 5.60 Å². The number of methoxy groups -OCH3 is 1. The van der Waals surface area contributed by atoms with Crippen molar-refractivity contribution >= 4 is 10.9 Å². The van der Waals surface area contributed by atoms with Gasteiger partial charge < -0.3 is 14.4 Å². The first kappa shape index (κ1) is 24.9. The topological polar surface area (TPSA) is 58.2 Å². The number of benzene rings is 2. The molecule has 0 saturated carbocycles. The minimum Gasteiger partial charge on any atom is -0.496 e. The number of alkyl halides is 3. The molecule has 0 radical (unpaired) electrons. The van der Waals surface area contributed by atoms with Crippen LogP contribution in [0.4, 0.5) is 13.2 Å². The number of hydrogen-bond donors (Lipinski definition) is 1. The summed E-state index contributed by atoms with van der Waals surface area (Å²) in [6, 6.07) is 14.6. The van der Waals surface area contributed by atoms with E-state index in [0.717, 1.165) is 5.56 Å². The van der Waals surface area contributed by atoms with Crippen LogP contribution in [-0.2, 0) is 12.5 Å². The lowest BCUT2D eigenvalue weighted by atomic mass is 9.63. The van der Waals surface area contributed by atoms with E-state index in [1.165, 1.54) is 13.2 Å². The largest absolute Gasteiger partial charge is 0.496 e. The molecule has 0 amide bonds. The number of nitrogens with zero attached hydrogens (tertiary/aromatic N) is 2. The standard InChI is InChI=1S/C28H29F3N2O2/c1-17(2)18-10-11-24(35-5)22(14-18)26(3)13-12-21(27(34,16-26)28(29,30)31)25-20(15-32)19-8-6-7-9-23(19)33(25)4/h6-14,17,21,34H,16H2,1-5H3. The number of aromatic nitrogens is 1. The molecule has 35 heavy (non-hydrogen) atoms. The van der Waals surface area contributed by atoms with E-state index in [0.29, 0.717) is 22.2 Å². The molecule has 0 saturated heterocycles. The number of aryl methyl sites for hydroxylation is 1. The molecule has 184 valence electrons. The molecular formula is C28H29F3N2O2. The highest BCUT2D eigenvalue weighted by Crippen LogP contribution is 2.55. The second kappa shape index (κ2) is 8.46. The van der Waals surface area contributed by atoms with E-state index in [4.69, 9.17) is 4.74 Å². The minimum absolute atomic E-state index is 0.142. The fourth-order valence-corrected chi connectivity index (χ4v) is 5.40. The number of hydrogen-bond acceptors (Lipinski definition) is 3. The number of allylic oxidation sites excluding steroid dienone is 1. The van der Waals surface area contributed by atoms with E-state index in [1.54, 1.807) is 54.9 Å². The maximum atomic E-state index is 14.7. The summed E-state index contributed by atoms with van der Waals surface area (Å²) in [6.07, 6.45) is -2.43. The molecule has 2 aromatic carbocycles. The van der Waals surface area contributed by atoms with Crippen LogP contribution in [0.15, 0.2) is 54.6 Å². The normalized spacial score (nSPS) is 24.7. The molecule has 0 aliphatic heterocycles. The van der Waals surface area contributed by atoms with Crippen LogP contribution in [0.2, 0.25) is 0 Å². The summed E-state index contributed by atoms with van der Waals surface area (Å²) >= 11 is 0. The van der Waals surface area contributed by atoms with E-state index >= 15 is 0 Å². The fourth-order valence-electron chi connectivity index (χ4n) is 5.40. The number of halogens is 3. The number of para-hydroxylation sites is 1. The Bertz CT molecular complexity index is 1350. The van der Waals surface area contributed by atoms with Crippen molar-refractivity contribution in [2.45, 2.75) is 56.2 Å². The Morgan fingerprint density at radius 1 is 1.20 bits per heavy atom. The molecule has 1 heterocycles. The molecule has 4 rings (SSSR count). The van der Waals surface area contributed by atoms with Gasteiger partial charge in [0, 0.05) is 34.6 Å². The predicted molar refractivity (Wildman–Crippen MR) is 130 cm³/mol. The maximum absolute atomic E-state index is 14.7. The van der Waals surface area contributed by atoms with Crippen molar-refractivity contribution in [2.24, 2.45) is 7.05 Å². The van der Waals surface area contributed by atoms with Gasteiger partial charge in [-0.25, -0.2) is 0 Å². The lowest BCUT2D eigenvalue weighted by Gasteiger charge is -2.46. The molecule has 0 fully saturated rings. The smallest absolute Gasteiger partial charge is 0.418 e. The van der Waals surface area contributed by atoms with Crippen LogP contribution in [0.1, 0.15) is 61.4 Å². The predicted octanol–water partition coefficient (Wildman–Crippen LogP) is 6.48. The SMILES string of the molecule is COc1ccc(C(C)C)cc1C1(C)C=CC(c2c(C#N)c3ccccc3n2C)C(O)(C(F)(F)F)C1. The van der Waals surface area contributed by atoms with Crippen LogP contribution in [0, 0.1) is 11.3 Å². The van der Waals surface area contributed by atoms with Crippen LogP contribution in [0.5, 0.6) is 5.75 Å². The summed E-state index contributed by atoms with van der Waals surface area (Å²) in [4.78, 5) is 0. The lowest BCUT2D eigenvalue weighted by Crippen LogP contribution is -2.55. The zero-order valence-electron chi connectivity index (χ0n) is 20.4. The Kier molecular flexibility index (Phi) is 6.01. The Morgan fingerprint density at radius 3 is 2.49 bits per heavy atom. The number of aliphatic hydroxyl groups is 1. The first-order valence-electron chi connectivity index (χ1n) is 11.5. The minimum atomic E-state index is -4.95. The number of ether oxygens (including phenoxy) is 1. The summed E-state index contributed by atoms with van der Waals surface area (Å²) in [5.74, 6) is -0.826. The Hall–Kier alpha value is -3.24. The molecule has 4 nitrogen and oxygen atoms in total. The van der Waals surface area contributed by atoms with Crippen molar-refractivity contribution < 1.29 is 23.0 Å². The highest BCUT2D eigenvalue weighted by molar-refractivity contribution is 5.88. The summed E-state index contributed by atoms with van der Waals surface area (Å²) in [5.41, 5.74) is -1.79. The van der Waals surface area contributed by atoms with E-state index in [1.807, 2.05) is 26.0 Å². The third kappa shape index (κ3) is 3.81. The van der Waals surface area contributed by atoms with Gasteiger partial charge in [-0.1, -0.05) is 63.3 Å². The molecule has 0 bridgehead atoms. The number of rotatable bonds is 4. The zero-order valence-corrected chi connectivity index (χ0v) is 20.4. The van der Waals surface area contributed by atoms with Gasteiger partial charge in [0.25, 0.3) is 0 Å². The molecule has 7 heteroatoms. The molecule has 1 aliphatic carbocycles. The molecule has 1 aliphatic rings. The second-order valence-corrected chi connectivity index (χ2v) is 9.92. The van der Waals surface area contributed by atoms with Gasteiger partial charge in [-0.2, -0.15) is 18.4 Å². The second-order valence-electron chi connectivity index (χ2n) is 9.92. The van der Waals surface area contributed by atoms with E-state index in [2.05, 4.69) is 6.07 Å². The summed E-state index contributed by atoms with van der Waals surface area (Å²) in [6.45, 7) is 5.71. The van der Waals surface area contributed by atoms with Crippen molar-refractivity contribution in [3.8, 4) is 11.8 Å². The average Bonchev–Trinajstić information content (AvgIpc) is 3.09. The third-order valence-corrected chi connectivity index (χ3v) is 7.36. The Labute approximate surface area is 203 Å². The molecule has 0 spiro atoms. The lowest BCUT2D eigenvalue weighted by molar-refractivity contribution is -0.272. The third-order valence-electron chi connectivity index (χ3n) is 7.36. The van der Waals surface area contributed by atoms with Crippen LogP contribution in [0.25, 0.3) is 10.9 Å². The highest BCUT2D eigenvalue weighted by atomic mass is 19.4. The van der Waals surface area contributed by atoms with E-state index < -0.39 is 29.5 Å². The van der Waals surface area contributed by atoms with Gasteiger partial charge in [-0.3, -0.25) is 0 Å². The van der Waals surface area contributed by atoms with Crippen molar-refractivity contribution in [1.29, 1.82) is 5.26 Å². The molecule has 3 unspecified atom stereocenters. The summed E-state index contributed by atoms with van der Waals surface area (Å²) in [5, 5.41) is 21.9. The van der Waals surface area contributed by atoms with Crippen LogP contribution in [-0.4, -0.2) is 28.6 Å². The zero-order chi connectivity index (χ0) is 25.8. The van der Waals surface area contributed by atoms with Gasteiger partial charge >= 0.3 is 6.18 Å². The van der Waals surface area contributed by atoms with Crippen LogP contribution >= 0.6 is 0 Å². The van der Waals surface area contributed by atoms with Crippen molar-refractivity contribution in [3.63, 3.8) is 0 Å². The van der Waals surface area contributed by atoms with Crippen molar-refractivity contribution in [1.82, 2.24) is 4.57 Å². The Balaban J connectivity index is 1.97. The van der Waals surface area contributed by atoms with Crippen LogP contribution in [0.3, 0.4) is 0 Å². The van der Waals surface area contributed by atoms with Gasteiger partial charge in [0.1, 0.15) is 11.8 Å². The quantitative estimate of drug-likeness (QED) is 0.433. The molecule has 1 N–H and O–H groups in total. The van der Waals surface area contributed by atoms with Crippen molar-refractivity contribution in [3.05, 3.63) is 77.0 Å². The molecule has 3 atom stereocenters. The van der Waals surface area contributed by atoms with E-state index in [-0.39, 0.29) is 17.2 Å².